The van der Waals surface area contributed by atoms with E-state index >= 15 is 0 Å². The molecule has 1 fully saturated rings. The maximum absolute atomic E-state index is 12.2. The molecular formula is C14H28N2O3. The second kappa shape index (κ2) is 8.51. The number of carbonyl (C=O) groups is 1. The summed E-state index contributed by atoms with van der Waals surface area (Å²) < 4.78 is 10.2. The number of nitrogens with one attached hydrogen (secondary N) is 2. The number of carbonyl (C=O) groups excluding carboxylic acids is 1. The fourth-order valence-corrected chi connectivity index (χ4v) is 2.36. The van der Waals surface area contributed by atoms with E-state index in [1.54, 1.807) is 7.11 Å². The first-order chi connectivity index (χ1) is 9.09. The zero-order chi connectivity index (χ0) is 14.1. The van der Waals surface area contributed by atoms with Gasteiger partial charge in [-0.2, -0.15) is 0 Å². The second-order valence-electron chi connectivity index (χ2n) is 5.63. The molecule has 19 heavy (non-hydrogen) atoms. The van der Waals surface area contributed by atoms with Crippen LogP contribution in [0.15, 0.2) is 0 Å². The van der Waals surface area contributed by atoms with Crippen LogP contribution in [-0.4, -0.2) is 52.5 Å². The molecule has 5 nitrogen and oxygen atoms in total. The molecule has 1 aliphatic heterocycles. The Morgan fingerprint density at radius 1 is 1.37 bits per heavy atom. The maximum Gasteiger partial charge on any atom is 0.226 e. The largest absolute Gasteiger partial charge is 0.382 e. The van der Waals surface area contributed by atoms with Crippen molar-refractivity contribution < 1.29 is 14.3 Å². The Morgan fingerprint density at radius 3 is 2.79 bits per heavy atom. The maximum atomic E-state index is 12.2. The van der Waals surface area contributed by atoms with Crippen LogP contribution in [0.2, 0.25) is 0 Å². The van der Waals surface area contributed by atoms with Crippen LogP contribution in [0, 0.1) is 11.3 Å². The number of hydrogen-bond donors (Lipinski definition) is 2. The zero-order valence-corrected chi connectivity index (χ0v) is 12.5. The van der Waals surface area contributed by atoms with Gasteiger partial charge in [0.15, 0.2) is 0 Å². The fraction of sp³-hybridized carbons (Fsp3) is 0.929. The first-order valence-corrected chi connectivity index (χ1v) is 7.14. The van der Waals surface area contributed by atoms with Crippen LogP contribution in [0.25, 0.3) is 0 Å². The molecule has 0 bridgehead atoms. The molecule has 112 valence electrons. The molecule has 1 saturated heterocycles. The minimum absolute atomic E-state index is 0.122. The smallest absolute Gasteiger partial charge is 0.226 e. The van der Waals surface area contributed by atoms with Gasteiger partial charge in [0.1, 0.15) is 0 Å². The third-order valence-electron chi connectivity index (χ3n) is 3.87. The molecule has 1 heterocycles. The van der Waals surface area contributed by atoms with Gasteiger partial charge in [-0.15, -0.1) is 0 Å². The highest BCUT2D eigenvalue weighted by atomic mass is 16.5. The highest BCUT2D eigenvalue weighted by molar-refractivity contribution is 5.82. The Bertz CT molecular complexity index is 263. The summed E-state index contributed by atoms with van der Waals surface area (Å²) in [5, 5.41) is 6.33. The molecular weight excluding hydrogens is 244 g/mol. The topological polar surface area (TPSA) is 59.6 Å². The van der Waals surface area contributed by atoms with Crippen LogP contribution in [0.5, 0.6) is 0 Å². The van der Waals surface area contributed by atoms with Crippen molar-refractivity contribution in [3.05, 3.63) is 0 Å². The van der Waals surface area contributed by atoms with E-state index < -0.39 is 0 Å². The number of ether oxygens (including phenoxy) is 2. The van der Waals surface area contributed by atoms with Crippen molar-refractivity contribution >= 4 is 5.91 Å². The van der Waals surface area contributed by atoms with Crippen LogP contribution < -0.4 is 10.6 Å². The van der Waals surface area contributed by atoms with E-state index in [0.717, 1.165) is 25.9 Å². The predicted molar refractivity (Wildman–Crippen MR) is 75.1 cm³/mol. The van der Waals surface area contributed by atoms with Gasteiger partial charge >= 0.3 is 0 Å². The molecule has 0 aromatic carbocycles. The summed E-state index contributed by atoms with van der Waals surface area (Å²) >= 11 is 0. The average molecular weight is 272 g/mol. The normalized spacial score (nSPS) is 20.3. The molecule has 0 aromatic heterocycles. The lowest BCUT2D eigenvalue weighted by Crippen LogP contribution is -2.47. The van der Waals surface area contributed by atoms with Crippen molar-refractivity contribution in [3.8, 4) is 0 Å². The van der Waals surface area contributed by atoms with Crippen molar-refractivity contribution in [2.45, 2.75) is 26.7 Å². The predicted octanol–water partition coefficient (Wildman–Crippen LogP) is 0.791. The van der Waals surface area contributed by atoms with Crippen LogP contribution in [0.3, 0.4) is 0 Å². The highest BCUT2D eigenvalue weighted by Crippen LogP contribution is 2.31. The molecule has 1 unspecified atom stereocenters. The van der Waals surface area contributed by atoms with E-state index in [1.165, 1.54) is 0 Å². The fourth-order valence-electron chi connectivity index (χ4n) is 2.36. The number of amides is 1. The molecule has 1 aliphatic rings. The van der Waals surface area contributed by atoms with E-state index in [2.05, 4.69) is 10.6 Å². The molecule has 0 saturated carbocycles. The van der Waals surface area contributed by atoms with Gasteiger partial charge < -0.3 is 20.1 Å². The average Bonchev–Trinajstić information content (AvgIpc) is 2.43. The Kier molecular flexibility index (Phi) is 7.34. The number of piperidine rings is 1. The quantitative estimate of drug-likeness (QED) is 0.641. The standard InChI is InChI=1S/C14H28N2O3/c1-14(2,12-5-4-6-15-11-12)13(17)16-7-8-19-10-9-18-3/h12,15H,4-11H2,1-3H3,(H,16,17). The number of rotatable bonds is 8. The zero-order valence-electron chi connectivity index (χ0n) is 12.5. The van der Waals surface area contributed by atoms with Crippen molar-refractivity contribution in [2.75, 3.05) is 46.6 Å². The van der Waals surface area contributed by atoms with E-state index in [4.69, 9.17) is 9.47 Å². The summed E-state index contributed by atoms with van der Waals surface area (Å²) in [6.45, 7) is 8.33. The van der Waals surface area contributed by atoms with Crippen LogP contribution in [0.4, 0.5) is 0 Å². The lowest BCUT2D eigenvalue weighted by Gasteiger charge is -2.36. The Morgan fingerprint density at radius 2 is 2.16 bits per heavy atom. The van der Waals surface area contributed by atoms with E-state index in [9.17, 15) is 4.79 Å². The Labute approximate surface area is 116 Å². The van der Waals surface area contributed by atoms with Gasteiger partial charge in [0.25, 0.3) is 0 Å². The van der Waals surface area contributed by atoms with Gasteiger partial charge in [-0.25, -0.2) is 0 Å². The van der Waals surface area contributed by atoms with Crippen LogP contribution >= 0.6 is 0 Å². The summed E-state index contributed by atoms with van der Waals surface area (Å²) in [7, 11) is 1.64. The van der Waals surface area contributed by atoms with Crippen molar-refractivity contribution in [1.82, 2.24) is 10.6 Å². The first kappa shape index (κ1) is 16.4. The Balaban J connectivity index is 2.22. The summed E-state index contributed by atoms with van der Waals surface area (Å²) in [5.74, 6) is 0.534. The Hall–Kier alpha value is -0.650. The van der Waals surface area contributed by atoms with E-state index in [0.29, 0.717) is 32.3 Å². The van der Waals surface area contributed by atoms with Gasteiger partial charge in [-0.05, 0) is 31.8 Å². The molecule has 0 spiro atoms. The minimum Gasteiger partial charge on any atom is -0.382 e. The molecule has 1 rings (SSSR count). The lowest BCUT2D eigenvalue weighted by atomic mass is 9.74. The molecule has 2 N–H and O–H groups in total. The van der Waals surface area contributed by atoms with E-state index in [-0.39, 0.29) is 11.3 Å². The van der Waals surface area contributed by atoms with Gasteiger partial charge in [-0.3, -0.25) is 4.79 Å². The highest BCUT2D eigenvalue weighted by Gasteiger charge is 2.36. The molecule has 5 heteroatoms. The molecule has 0 aliphatic carbocycles. The third kappa shape index (κ3) is 5.47. The SMILES string of the molecule is COCCOCCNC(=O)C(C)(C)C1CCCNC1. The van der Waals surface area contributed by atoms with Crippen LogP contribution in [-0.2, 0) is 14.3 Å². The lowest BCUT2D eigenvalue weighted by molar-refractivity contribution is -0.132. The van der Waals surface area contributed by atoms with Gasteiger partial charge in [0.05, 0.1) is 19.8 Å². The van der Waals surface area contributed by atoms with Gasteiger partial charge in [0, 0.05) is 19.1 Å². The van der Waals surface area contributed by atoms with Crippen molar-refractivity contribution in [1.29, 1.82) is 0 Å². The van der Waals surface area contributed by atoms with Crippen LogP contribution in [0.1, 0.15) is 26.7 Å². The number of hydrogen-bond acceptors (Lipinski definition) is 4. The van der Waals surface area contributed by atoms with Crippen molar-refractivity contribution in [3.63, 3.8) is 0 Å². The van der Waals surface area contributed by atoms with E-state index in [1.807, 2.05) is 13.8 Å². The molecule has 1 atom stereocenters. The minimum atomic E-state index is -0.319. The summed E-state index contributed by atoms with van der Waals surface area (Å²) in [6.07, 6.45) is 2.28. The van der Waals surface area contributed by atoms with Crippen molar-refractivity contribution in [2.24, 2.45) is 11.3 Å². The third-order valence-corrected chi connectivity index (χ3v) is 3.87. The monoisotopic (exact) mass is 272 g/mol. The molecule has 1 amide bonds. The number of methoxy groups -OCH3 is 1. The first-order valence-electron chi connectivity index (χ1n) is 7.14. The summed E-state index contributed by atoms with van der Waals surface area (Å²) in [5.41, 5.74) is -0.319. The molecule has 0 aromatic rings. The molecule has 0 radical (unpaired) electrons. The van der Waals surface area contributed by atoms with Gasteiger partial charge in [0.2, 0.25) is 5.91 Å². The summed E-state index contributed by atoms with van der Waals surface area (Å²) in [4.78, 5) is 12.2. The van der Waals surface area contributed by atoms with Gasteiger partial charge in [-0.1, -0.05) is 13.8 Å². The second-order valence-corrected chi connectivity index (χ2v) is 5.63. The summed E-state index contributed by atoms with van der Waals surface area (Å²) in [6, 6.07) is 0.